The number of nitrogens with two attached hydrogens (primary N) is 1. The first kappa shape index (κ1) is 23.5. The number of anilines is 1. The Labute approximate surface area is 207 Å². The molecule has 10 heteroatoms. The van der Waals surface area contributed by atoms with Crippen molar-refractivity contribution in [3.05, 3.63) is 65.7 Å². The summed E-state index contributed by atoms with van der Waals surface area (Å²) >= 11 is 0. The minimum absolute atomic E-state index is 0.0378. The molecule has 0 spiro atoms. The molecular weight excluding hydrogens is 463 g/mol. The van der Waals surface area contributed by atoms with Gasteiger partial charge in [0.15, 0.2) is 5.65 Å². The number of pyridine rings is 2. The Morgan fingerprint density at radius 1 is 1.22 bits per heavy atom. The lowest BCUT2D eigenvalue weighted by molar-refractivity contribution is 0.0946. The highest BCUT2D eigenvalue weighted by Gasteiger charge is 2.20. The summed E-state index contributed by atoms with van der Waals surface area (Å²) in [5, 5.41) is 6.86. The Bertz CT molecular complexity index is 1400. The number of fused-ring (bicyclic) bond motifs is 1. The predicted molar refractivity (Wildman–Crippen MR) is 132 cm³/mol. The van der Waals surface area contributed by atoms with E-state index in [4.69, 9.17) is 15.2 Å². The lowest BCUT2D eigenvalue weighted by Gasteiger charge is -2.16. The molecule has 1 aliphatic rings. The third-order valence-electron chi connectivity index (χ3n) is 6.43. The summed E-state index contributed by atoms with van der Waals surface area (Å²) < 4.78 is 27.5. The van der Waals surface area contributed by atoms with Crippen molar-refractivity contribution in [2.75, 3.05) is 19.5 Å². The minimum atomic E-state index is -0.445. The molecule has 0 atom stereocenters. The molecule has 3 N–H and O–H groups in total. The molecule has 0 saturated heterocycles. The Morgan fingerprint density at radius 2 is 2.06 bits per heavy atom. The third-order valence-corrected chi connectivity index (χ3v) is 6.43. The maximum absolute atomic E-state index is 14.7. The predicted octanol–water partition coefficient (Wildman–Crippen LogP) is 4.02. The molecule has 0 radical (unpaired) electrons. The van der Waals surface area contributed by atoms with Crippen molar-refractivity contribution >= 4 is 17.5 Å². The van der Waals surface area contributed by atoms with Gasteiger partial charge < -0.3 is 20.5 Å². The average Bonchev–Trinajstić information content (AvgIpc) is 3.54. The van der Waals surface area contributed by atoms with Crippen LogP contribution in [0.15, 0.2) is 48.8 Å². The molecule has 1 aromatic carbocycles. The first-order valence-corrected chi connectivity index (χ1v) is 11.9. The number of carbonyl (C=O) groups is 1. The fourth-order valence-corrected chi connectivity index (χ4v) is 4.51. The van der Waals surface area contributed by atoms with Crippen LogP contribution in [0.3, 0.4) is 0 Å². The van der Waals surface area contributed by atoms with Gasteiger partial charge in [0.25, 0.3) is 5.91 Å². The number of ether oxygens (including phenoxy) is 2. The van der Waals surface area contributed by atoms with Crippen molar-refractivity contribution in [1.29, 1.82) is 0 Å². The largest absolute Gasteiger partial charge is 0.493 e. The summed E-state index contributed by atoms with van der Waals surface area (Å²) in [7, 11) is 1.44. The van der Waals surface area contributed by atoms with Crippen molar-refractivity contribution < 1.29 is 18.7 Å². The van der Waals surface area contributed by atoms with Crippen LogP contribution in [0, 0.1) is 11.7 Å². The Kier molecular flexibility index (Phi) is 6.66. The number of nitrogens with zero attached hydrogens (tertiary/aromatic N) is 4. The van der Waals surface area contributed by atoms with Gasteiger partial charge in [-0.05, 0) is 54.7 Å². The quantitative estimate of drug-likeness (QED) is 0.383. The summed E-state index contributed by atoms with van der Waals surface area (Å²) in [5.74, 6) is 0.386. The zero-order valence-corrected chi connectivity index (χ0v) is 19.9. The number of nitrogen functional groups attached to an aromatic ring is 1. The second-order valence-electron chi connectivity index (χ2n) is 8.83. The lowest BCUT2D eigenvalue weighted by Crippen LogP contribution is -2.25. The van der Waals surface area contributed by atoms with Gasteiger partial charge >= 0.3 is 0 Å². The molecule has 186 valence electrons. The number of hydrogen-bond donors (Lipinski definition) is 2. The number of halogens is 1. The summed E-state index contributed by atoms with van der Waals surface area (Å²) in [6.45, 7) is 0.510. The van der Waals surface area contributed by atoms with Crippen LogP contribution in [-0.4, -0.2) is 39.2 Å². The van der Waals surface area contributed by atoms with Gasteiger partial charge in [0.05, 0.1) is 13.7 Å². The van der Waals surface area contributed by atoms with E-state index < -0.39 is 11.7 Å². The van der Waals surface area contributed by atoms with Crippen LogP contribution < -0.4 is 20.5 Å². The molecule has 5 rings (SSSR count). The highest BCUT2D eigenvalue weighted by Crippen LogP contribution is 2.29. The average molecular weight is 491 g/mol. The zero-order chi connectivity index (χ0) is 25.1. The SMILES string of the molecule is COc1ncc(-c2ccn3nc(N)nc3c2)cc1C(=O)NCc1c(F)cccc1OCC1CCCC1. The molecular formula is C26H27FN6O3. The molecule has 36 heavy (non-hydrogen) atoms. The van der Waals surface area contributed by atoms with E-state index in [9.17, 15) is 9.18 Å². The van der Waals surface area contributed by atoms with E-state index in [-0.39, 0.29) is 23.9 Å². The third kappa shape index (κ3) is 4.93. The van der Waals surface area contributed by atoms with Crippen molar-refractivity contribution in [3.8, 4) is 22.8 Å². The molecule has 1 aliphatic carbocycles. The minimum Gasteiger partial charge on any atom is -0.493 e. The molecule has 3 aromatic heterocycles. The molecule has 1 fully saturated rings. The van der Waals surface area contributed by atoms with Gasteiger partial charge in [-0.3, -0.25) is 4.79 Å². The van der Waals surface area contributed by atoms with Crippen molar-refractivity contribution in [3.63, 3.8) is 0 Å². The van der Waals surface area contributed by atoms with E-state index in [2.05, 4.69) is 20.4 Å². The maximum atomic E-state index is 14.7. The van der Waals surface area contributed by atoms with Crippen LogP contribution in [0.2, 0.25) is 0 Å². The Balaban J connectivity index is 1.35. The number of methoxy groups -OCH3 is 1. The second kappa shape index (κ2) is 10.2. The number of aromatic nitrogens is 4. The van der Waals surface area contributed by atoms with Crippen molar-refractivity contribution in [2.24, 2.45) is 5.92 Å². The molecule has 9 nitrogen and oxygen atoms in total. The fourth-order valence-electron chi connectivity index (χ4n) is 4.51. The van der Waals surface area contributed by atoms with E-state index in [0.717, 1.165) is 18.4 Å². The van der Waals surface area contributed by atoms with E-state index >= 15 is 0 Å². The number of benzene rings is 1. The topological polar surface area (TPSA) is 117 Å². The molecule has 3 heterocycles. The van der Waals surface area contributed by atoms with Gasteiger partial charge in [-0.2, -0.15) is 4.98 Å². The number of carbonyl (C=O) groups excluding carboxylic acids is 1. The van der Waals surface area contributed by atoms with E-state index in [1.165, 1.54) is 26.0 Å². The van der Waals surface area contributed by atoms with Gasteiger partial charge in [-0.1, -0.05) is 18.9 Å². The van der Waals surface area contributed by atoms with Gasteiger partial charge in [-0.25, -0.2) is 13.9 Å². The smallest absolute Gasteiger partial charge is 0.257 e. The van der Waals surface area contributed by atoms with Crippen LogP contribution in [0.25, 0.3) is 16.8 Å². The lowest BCUT2D eigenvalue weighted by atomic mass is 10.1. The summed E-state index contributed by atoms with van der Waals surface area (Å²) in [5.41, 5.74) is 8.22. The van der Waals surface area contributed by atoms with Gasteiger partial charge in [0.1, 0.15) is 17.1 Å². The molecule has 0 unspecified atom stereocenters. The van der Waals surface area contributed by atoms with E-state index in [0.29, 0.717) is 35.0 Å². The van der Waals surface area contributed by atoms with Crippen LogP contribution in [0.5, 0.6) is 11.6 Å². The molecule has 1 amide bonds. The van der Waals surface area contributed by atoms with Crippen LogP contribution in [-0.2, 0) is 6.54 Å². The van der Waals surface area contributed by atoms with Crippen molar-refractivity contribution in [2.45, 2.75) is 32.2 Å². The summed E-state index contributed by atoms with van der Waals surface area (Å²) in [6.07, 6.45) is 7.99. The maximum Gasteiger partial charge on any atom is 0.257 e. The van der Waals surface area contributed by atoms with Crippen LogP contribution >= 0.6 is 0 Å². The molecule has 4 aromatic rings. The normalized spacial score (nSPS) is 13.7. The second-order valence-corrected chi connectivity index (χ2v) is 8.83. The Hall–Kier alpha value is -4.21. The van der Waals surface area contributed by atoms with Gasteiger partial charge in [-0.15, -0.1) is 5.10 Å². The molecule has 0 bridgehead atoms. The summed E-state index contributed by atoms with van der Waals surface area (Å²) in [6, 6.07) is 9.99. The first-order chi connectivity index (χ1) is 17.5. The highest BCUT2D eigenvalue weighted by atomic mass is 19.1. The number of nitrogens with one attached hydrogen (secondary N) is 1. The summed E-state index contributed by atoms with van der Waals surface area (Å²) in [4.78, 5) is 21.6. The van der Waals surface area contributed by atoms with Crippen LogP contribution in [0.1, 0.15) is 41.6 Å². The fraction of sp³-hybridized carbons (Fsp3) is 0.308. The van der Waals surface area contributed by atoms with Gasteiger partial charge in [0.2, 0.25) is 11.8 Å². The number of amides is 1. The van der Waals surface area contributed by atoms with Gasteiger partial charge in [0, 0.05) is 30.1 Å². The van der Waals surface area contributed by atoms with E-state index in [1.807, 2.05) is 6.07 Å². The standard InChI is InChI=1S/C26H27FN6O3/c1-35-25-19(11-18(13-30-25)17-9-10-33-23(12-17)31-26(28)32-33)24(34)29-14-20-21(27)7-4-8-22(20)36-15-16-5-2-3-6-16/h4,7-13,16H,2-3,5-6,14-15H2,1H3,(H2,28,32)(H,29,34). The highest BCUT2D eigenvalue weighted by molar-refractivity contribution is 5.97. The van der Waals surface area contributed by atoms with Crippen molar-refractivity contribution in [1.82, 2.24) is 24.9 Å². The molecule has 1 saturated carbocycles. The van der Waals surface area contributed by atoms with Crippen LogP contribution in [0.4, 0.5) is 10.3 Å². The van der Waals surface area contributed by atoms with E-state index in [1.54, 1.807) is 41.2 Å². The molecule has 0 aliphatic heterocycles. The Morgan fingerprint density at radius 3 is 2.86 bits per heavy atom. The monoisotopic (exact) mass is 490 g/mol. The number of rotatable bonds is 8. The zero-order valence-electron chi connectivity index (χ0n) is 19.9. The first-order valence-electron chi connectivity index (χ1n) is 11.9. The number of hydrogen-bond acceptors (Lipinski definition) is 7.